The van der Waals surface area contributed by atoms with Gasteiger partial charge in [0, 0.05) is 11.6 Å². The summed E-state index contributed by atoms with van der Waals surface area (Å²) < 4.78 is 28.7. The number of fused-ring (bicyclic) bond motifs is 1. The molecule has 2 saturated heterocycles. The number of rotatable bonds is 9. The number of phenols is 1. The number of benzene rings is 2. The fraction of sp³-hybridized carbons (Fsp3) is 0.531. The fourth-order valence-electron chi connectivity index (χ4n) is 5.66. The second-order valence-corrected chi connectivity index (χ2v) is 12.0. The first-order chi connectivity index (χ1) is 22.3. The average Bonchev–Trinajstić information content (AvgIpc) is 3.04. The van der Waals surface area contributed by atoms with E-state index in [1.54, 1.807) is 12.1 Å². The van der Waals surface area contributed by atoms with Crippen molar-refractivity contribution in [1.29, 1.82) is 0 Å². The van der Waals surface area contributed by atoms with Crippen LogP contribution in [0.3, 0.4) is 0 Å². The van der Waals surface area contributed by atoms with Crippen LogP contribution < -0.4 is 14.2 Å². The molecule has 0 aromatic heterocycles. The number of ether oxygens (including phenoxy) is 5. The molecule has 0 radical (unpaired) electrons. The number of allylic oxidation sites excluding steroid dienone is 2. The minimum absolute atomic E-state index is 0.0280. The zero-order chi connectivity index (χ0) is 34.2. The van der Waals surface area contributed by atoms with Gasteiger partial charge in [-0.1, -0.05) is 23.8 Å². The van der Waals surface area contributed by atoms with E-state index in [4.69, 9.17) is 23.7 Å². The first-order valence-electron chi connectivity index (χ1n) is 15.1. The van der Waals surface area contributed by atoms with Gasteiger partial charge in [0.05, 0.1) is 19.6 Å². The Kier molecular flexibility index (Phi) is 10.7. The largest absolute Gasteiger partial charge is 0.507 e. The third-order valence-corrected chi connectivity index (χ3v) is 8.39. The van der Waals surface area contributed by atoms with Crippen molar-refractivity contribution >= 4 is 5.78 Å². The molecule has 11 atom stereocenters. The van der Waals surface area contributed by atoms with E-state index in [0.29, 0.717) is 11.1 Å². The lowest BCUT2D eigenvalue weighted by Gasteiger charge is -2.40. The Hall–Kier alpha value is -3.35. The van der Waals surface area contributed by atoms with Crippen molar-refractivity contribution in [3.05, 3.63) is 58.7 Å². The molecule has 0 spiro atoms. The highest BCUT2D eigenvalue weighted by Gasteiger charge is 2.46. The van der Waals surface area contributed by atoms with Gasteiger partial charge in [0.2, 0.25) is 12.6 Å². The Morgan fingerprint density at radius 2 is 1.38 bits per heavy atom. The molecular formula is C32H40O15. The van der Waals surface area contributed by atoms with Crippen molar-refractivity contribution in [3.63, 3.8) is 0 Å². The molecule has 0 aliphatic carbocycles. The van der Waals surface area contributed by atoms with Crippen LogP contribution in [-0.2, 0) is 15.9 Å². The highest BCUT2D eigenvalue weighted by atomic mass is 16.7. The van der Waals surface area contributed by atoms with E-state index in [1.807, 2.05) is 19.9 Å². The lowest BCUT2D eigenvalue weighted by molar-refractivity contribution is -0.277. The fourth-order valence-corrected chi connectivity index (χ4v) is 5.66. The van der Waals surface area contributed by atoms with Gasteiger partial charge in [-0.05, 0) is 38.0 Å². The summed E-state index contributed by atoms with van der Waals surface area (Å²) in [5.74, 6) is -0.664. The van der Waals surface area contributed by atoms with Crippen LogP contribution in [0.2, 0.25) is 0 Å². The minimum atomic E-state index is -1.72. The SMILES string of the molecule is CC(C)=CCc1c(O[C@@H]2O[C@H](CO)[C@@H](O)[C@H](O)[C@H]2O)cc(O)c2c1OC(c1ccc(O[C@@H]3O[C@H](CO)[C@@H](O)[C@H](O)[C@H]3O)cc1)CC2=O. The molecular weight excluding hydrogens is 624 g/mol. The zero-order valence-corrected chi connectivity index (χ0v) is 25.6. The standard InChI is InChI=1S/C32H40O15/c1-13(2)3-8-16-20(45-32-29(42)27(40)25(38)22(12-34)47-32)10-18(36)23-17(35)9-19(44-30(16)23)14-4-6-15(7-5-14)43-31-28(41)26(39)24(37)21(11-33)46-31/h3-7,10,19,21-22,24-29,31-34,36-42H,8-9,11-12H2,1-2H3/t19?,21-,22-,24-,25-,26+,27+,28-,29-,31-,32-/m1/s1. The van der Waals surface area contributed by atoms with Gasteiger partial charge < -0.3 is 69.6 Å². The number of carbonyl (C=O) groups is 1. The summed E-state index contributed by atoms with van der Waals surface area (Å²) in [6.07, 6.45) is -14.1. The summed E-state index contributed by atoms with van der Waals surface area (Å²) in [7, 11) is 0. The Morgan fingerprint density at radius 3 is 1.91 bits per heavy atom. The molecule has 0 bridgehead atoms. The lowest BCUT2D eigenvalue weighted by atomic mass is 9.92. The van der Waals surface area contributed by atoms with Crippen molar-refractivity contribution in [2.24, 2.45) is 0 Å². The molecule has 2 aromatic carbocycles. The van der Waals surface area contributed by atoms with Gasteiger partial charge in [0.1, 0.15) is 83.5 Å². The Balaban J connectivity index is 1.41. The van der Waals surface area contributed by atoms with Crippen molar-refractivity contribution < 1.29 is 74.4 Å². The predicted molar refractivity (Wildman–Crippen MR) is 159 cm³/mol. The number of hydrogen-bond acceptors (Lipinski definition) is 15. The van der Waals surface area contributed by atoms with Gasteiger partial charge in [-0.25, -0.2) is 0 Å². The molecule has 15 nitrogen and oxygen atoms in total. The average molecular weight is 665 g/mol. The molecule has 1 unspecified atom stereocenters. The first-order valence-corrected chi connectivity index (χ1v) is 15.1. The van der Waals surface area contributed by atoms with Crippen LogP contribution in [0.15, 0.2) is 42.0 Å². The maximum atomic E-state index is 13.4. The molecule has 3 heterocycles. The molecule has 258 valence electrons. The van der Waals surface area contributed by atoms with E-state index in [1.165, 1.54) is 18.2 Å². The maximum Gasteiger partial charge on any atom is 0.229 e. The Labute approximate surface area is 269 Å². The second kappa shape index (κ2) is 14.4. The van der Waals surface area contributed by atoms with Crippen LogP contribution in [-0.4, -0.2) is 126 Å². The van der Waals surface area contributed by atoms with Crippen LogP contribution in [0.5, 0.6) is 23.0 Å². The number of Topliss-reactive ketones (excluding diaryl/α,β-unsaturated/α-hetero) is 1. The number of aliphatic hydroxyl groups is 8. The molecule has 2 aromatic rings. The number of aliphatic hydroxyl groups excluding tert-OH is 8. The van der Waals surface area contributed by atoms with E-state index in [-0.39, 0.29) is 35.7 Å². The van der Waals surface area contributed by atoms with Crippen LogP contribution in [0.25, 0.3) is 0 Å². The molecule has 15 heteroatoms. The summed E-state index contributed by atoms with van der Waals surface area (Å²) >= 11 is 0. The van der Waals surface area contributed by atoms with Gasteiger partial charge in [0.25, 0.3) is 0 Å². The summed E-state index contributed by atoms with van der Waals surface area (Å²) in [5.41, 5.74) is 1.72. The molecule has 3 aliphatic rings. The number of hydrogen-bond donors (Lipinski definition) is 9. The molecule has 5 rings (SSSR count). The van der Waals surface area contributed by atoms with Gasteiger partial charge in [-0.15, -0.1) is 0 Å². The lowest BCUT2D eigenvalue weighted by Crippen LogP contribution is -2.60. The zero-order valence-electron chi connectivity index (χ0n) is 25.6. The summed E-state index contributed by atoms with van der Waals surface area (Å²) in [5, 5.41) is 91.2. The van der Waals surface area contributed by atoms with Crippen LogP contribution in [0, 0.1) is 0 Å². The van der Waals surface area contributed by atoms with Crippen LogP contribution in [0.4, 0.5) is 0 Å². The smallest absolute Gasteiger partial charge is 0.229 e. The molecule has 0 amide bonds. The van der Waals surface area contributed by atoms with Gasteiger partial charge in [-0.2, -0.15) is 0 Å². The van der Waals surface area contributed by atoms with Gasteiger partial charge in [-0.3, -0.25) is 4.79 Å². The highest BCUT2D eigenvalue weighted by Crippen LogP contribution is 2.47. The third kappa shape index (κ3) is 7.10. The van der Waals surface area contributed by atoms with E-state index < -0.39 is 92.3 Å². The normalized spacial score (nSPS) is 33.8. The van der Waals surface area contributed by atoms with E-state index in [0.717, 1.165) is 5.57 Å². The maximum absolute atomic E-state index is 13.4. The predicted octanol–water partition coefficient (Wildman–Crippen LogP) is -1.04. The van der Waals surface area contributed by atoms with Crippen LogP contribution in [0.1, 0.15) is 47.9 Å². The Morgan fingerprint density at radius 1 is 0.830 bits per heavy atom. The van der Waals surface area contributed by atoms with Crippen molar-refractivity contribution in [3.8, 4) is 23.0 Å². The summed E-state index contributed by atoms with van der Waals surface area (Å²) in [6, 6.07) is 7.42. The van der Waals surface area contributed by atoms with E-state index in [2.05, 4.69) is 0 Å². The van der Waals surface area contributed by atoms with Crippen LogP contribution >= 0.6 is 0 Å². The van der Waals surface area contributed by atoms with Crippen molar-refractivity contribution in [2.45, 2.75) is 94.2 Å². The number of aromatic hydroxyl groups is 1. The minimum Gasteiger partial charge on any atom is -0.507 e. The van der Waals surface area contributed by atoms with Gasteiger partial charge in [0.15, 0.2) is 5.78 Å². The molecule has 3 aliphatic heterocycles. The monoisotopic (exact) mass is 664 g/mol. The molecule has 2 fully saturated rings. The topological polar surface area (TPSA) is 245 Å². The van der Waals surface area contributed by atoms with Crippen molar-refractivity contribution in [1.82, 2.24) is 0 Å². The third-order valence-electron chi connectivity index (χ3n) is 8.39. The summed E-state index contributed by atoms with van der Waals surface area (Å²) in [4.78, 5) is 13.4. The first kappa shape index (κ1) is 35.0. The van der Waals surface area contributed by atoms with E-state index in [9.17, 15) is 50.8 Å². The van der Waals surface area contributed by atoms with E-state index >= 15 is 0 Å². The summed E-state index contributed by atoms with van der Waals surface area (Å²) in [6.45, 7) is 2.43. The highest BCUT2D eigenvalue weighted by molar-refractivity contribution is 6.03. The second-order valence-electron chi connectivity index (χ2n) is 12.0. The Bertz CT molecular complexity index is 1440. The van der Waals surface area contributed by atoms with Gasteiger partial charge >= 0.3 is 0 Å². The molecule has 9 N–H and O–H groups in total. The quantitative estimate of drug-likeness (QED) is 0.145. The number of phenolic OH excluding ortho intramolecular Hbond substituents is 1. The molecule has 0 saturated carbocycles. The number of carbonyl (C=O) groups excluding carboxylic acids is 1. The van der Waals surface area contributed by atoms with Crippen molar-refractivity contribution in [2.75, 3.05) is 13.2 Å². The number of ketones is 1. The molecule has 47 heavy (non-hydrogen) atoms.